The number of hydrogen-bond donors (Lipinski definition) is 0. The molecule has 0 aromatic heterocycles. The predicted molar refractivity (Wildman–Crippen MR) is 41.0 cm³/mol. The fourth-order valence-electron chi connectivity index (χ4n) is 1.74. The molecule has 0 aromatic carbocycles. The number of allylic oxidation sites excluding steroid dienone is 2. The van der Waals surface area contributed by atoms with Crippen molar-refractivity contribution < 1.29 is 4.74 Å². The van der Waals surface area contributed by atoms with E-state index in [1.165, 1.54) is 0 Å². The number of hydrogen-bond acceptors (Lipinski definition) is 1. The van der Waals surface area contributed by atoms with Gasteiger partial charge in [0.25, 0.3) is 0 Å². The molecule has 1 aliphatic carbocycles. The van der Waals surface area contributed by atoms with Gasteiger partial charge in [-0.05, 0) is 24.7 Å². The summed E-state index contributed by atoms with van der Waals surface area (Å²) in [7, 11) is 0. The van der Waals surface area contributed by atoms with Crippen molar-refractivity contribution in [2.75, 3.05) is 13.2 Å². The van der Waals surface area contributed by atoms with Crippen molar-refractivity contribution in [2.45, 2.75) is 12.8 Å². The van der Waals surface area contributed by atoms with Crippen molar-refractivity contribution in [1.82, 2.24) is 0 Å². The van der Waals surface area contributed by atoms with E-state index in [0.29, 0.717) is 0 Å². The van der Waals surface area contributed by atoms with E-state index in [-0.39, 0.29) is 0 Å². The summed E-state index contributed by atoms with van der Waals surface area (Å²) in [6.45, 7) is 1.88. The Labute approximate surface area is 66.0 Å². The molecule has 1 fully saturated rings. The van der Waals surface area contributed by atoms with Crippen molar-refractivity contribution in [3.8, 4) is 0 Å². The Balaban J connectivity index is 2.08. The minimum absolute atomic E-state index is 0.720. The molecule has 0 saturated carbocycles. The number of fused-ring (bicyclic) bond motifs is 1. The van der Waals surface area contributed by atoms with E-state index in [0.717, 1.165) is 42.9 Å². The zero-order valence-corrected chi connectivity index (χ0v) is 6.60. The molecule has 1 heterocycles. The molecule has 0 spiro atoms. The minimum atomic E-state index is 0.720. The summed E-state index contributed by atoms with van der Waals surface area (Å²) in [6, 6.07) is 0. The molecule has 56 valence electrons. The summed E-state index contributed by atoms with van der Waals surface area (Å²) in [5, 5.41) is 1.03. The van der Waals surface area contributed by atoms with E-state index in [1.54, 1.807) is 0 Å². The molecule has 0 aromatic rings. The highest BCUT2D eigenvalue weighted by molar-refractivity contribution is 6.29. The lowest BCUT2D eigenvalue weighted by Crippen LogP contribution is -2.15. The van der Waals surface area contributed by atoms with Gasteiger partial charge < -0.3 is 4.74 Å². The van der Waals surface area contributed by atoms with Crippen LogP contribution in [0.1, 0.15) is 12.8 Å². The van der Waals surface area contributed by atoms with Gasteiger partial charge in [0, 0.05) is 5.03 Å². The van der Waals surface area contributed by atoms with Gasteiger partial charge in [-0.2, -0.15) is 0 Å². The standard InChI is InChI=1S/C8H11ClO/c9-8-2-1-6-4-10-5-7(6)3-8/h2,6-7H,1,3-5H2/t6-,7+/m1/s1. The van der Waals surface area contributed by atoms with Crippen LogP contribution in [-0.4, -0.2) is 13.2 Å². The number of rotatable bonds is 0. The van der Waals surface area contributed by atoms with E-state index >= 15 is 0 Å². The van der Waals surface area contributed by atoms with Crippen LogP contribution >= 0.6 is 11.6 Å². The maximum absolute atomic E-state index is 5.89. The van der Waals surface area contributed by atoms with Crippen LogP contribution in [0.5, 0.6) is 0 Å². The molecule has 2 aliphatic rings. The molecule has 2 atom stereocenters. The first-order valence-corrected chi connectivity index (χ1v) is 4.16. The fourth-order valence-corrected chi connectivity index (χ4v) is 2.03. The third-order valence-corrected chi connectivity index (χ3v) is 2.74. The zero-order valence-electron chi connectivity index (χ0n) is 5.85. The Kier molecular flexibility index (Phi) is 1.71. The summed E-state index contributed by atoms with van der Waals surface area (Å²) in [5.74, 6) is 1.49. The van der Waals surface area contributed by atoms with Crippen molar-refractivity contribution in [3.05, 3.63) is 11.1 Å². The average molecular weight is 159 g/mol. The topological polar surface area (TPSA) is 9.23 Å². The Hall–Kier alpha value is -0.0100. The number of halogens is 1. The zero-order chi connectivity index (χ0) is 6.97. The third kappa shape index (κ3) is 1.08. The molecule has 2 rings (SSSR count). The molecule has 0 unspecified atom stereocenters. The highest BCUT2D eigenvalue weighted by Crippen LogP contribution is 2.35. The smallest absolute Gasteiger partial charge is 0.0501 e. The molecule has 0 N–H and O–H groups in total. The van der Waals surface area contributed by atoms with Crippen LogP contribution in [0.2, 0.25) is 0 Å². The summed E-state index contributed by atoms with van der Waals surface area (Å²) in [4.78, 5) is 0. The molecule has 1 saturated heterocycles. The van der Waals surface area contributed by atoms with Crippen LogP contribution < -0.4 is 0 Å². The normalized spacial score (nSPS) is 39.1. The highest BCUT2D eigenvalue weighted by Gasteiger charge is 2.30. The summed E-state index contributed by atoms with van der Waals surface area (Å²) < 4.78 is 5.35. The summed E-state index contributed by atoms with van der Waals surface area (Å²) in [6.07, 6.45) is 4.31. The van der Waals surface area contributed by atoms with Gasteiger partial charge in [-0.1, -0.05) is 17.7 Å². The van der Waals surface area contributed by atoms with Crippen LogP contribution in [0, 0.1) is 11.8 Å². The van der Waals surface area contributed by atoms with Crippen LogP contribution in [0.4, 0.5) is 0 Å². The fraction of sp³-hybridized carbons (Fsp3) is 0.750. The van der Waals surface area contributed by atoms with E-state index in [4.69, 9.17) is 16.3 Å². The predicted octanol–water partition coefficient (Wildman–Crippen LogP) is 2.17. The quantitative estimate of drug-likeness (QED) is 0.525. The average Bonchev–Trinajstić information content (AvgIpc) is 2.33. The minimum Gasteiger partial charge on any atom is -0.381 e. The molecular weight excluding hydrogens is 148 g/mol. The third-order valence-electron chi connectivity index (χ3n) is 2.43. The van der Waals surface area contributed by atoms with Gasteiger partial charge in [0.05, 0.1) is 13.2 Å². The molecule has 10 heavy (non-hydrogen) atoms. The van der Waals surface area contributed by atoms with E-state index in [1.807, 2.05) is 0 Å². The van der Waals surface area contributed by atoms with E-state index in [9.17, 15) is 0 Å². The summed E-state index contributed by atoms with van der Waals surface area (Å²) >= 11 is 5.89. The lowest BCUT2D eigenvalue weighted by molar-refractivity contribution is 0.181. The van der Waals surface area contributed by atoms with E-state index in [2.05, 4.69) is 6.08 Å². The second-order valence-electron chi connectivity index (χ2n) is 3.15. The lowest BCUT2D eigenvalue weighted by atomic mass is 9.86. The van der Waals surface area contributed by atoms with Gasteiger partial charge in [-0.15, -0.1) is 0 Å². The molecule has 1 nitrogen and oxygen atoms in total. The van der Waals surface area contributed by atoms with Crippen molar-refractivity contribution in [2.24, 2.45) is 11.8 Å². The number of ether oxygens (including phenoxy) is 1. The monoisotopic (exact) mass is 158 g/mol. The second kappa shape index (κ2) is 2.55. The van der Waals surface area contributed by atoms with Gasteiger partial charge >= 0.3 is 0 Å². The van der Waals surface area contributed by atoms with Crippen molar-refractivity contribution in [1.29, 1.82) is 0 Å². The molecule has 2 heteroatoms. The first-order valence-electron chi connectivity index (χ1n) is 3.78. The molecule has 1 aliphatic heterocycles. The van der Waals surface area contributed by atoms with Crippen LogP contribution in [0.3, 0.4) is 0 Å². The largest absolute Gasteiger partial charge is 0.381 e. The molecular formula is C8H11ClO. The highest BCUT2D eigenvalue weighted by atomic mass is 35.5. The van der Waals surface area contributed by atoms with Crippen molar-refractivity contribution >= 4 is 11.6 Å². The maximum atomic E-state index is 5.89. The van der Waals surface area contributed by atoms with Crippen molar-refractivity contribution in [3.63, 3.8) is 0 Å². The Morgan fingerprint density at radius 1 is 1.40 bits per heavy atom. The van der Waals surface area contributed by atoms with Gasteiger partial charge in [0.2, 0.25) is 0 Å². The summed E-state index contributed by atoms with van der Waals surface area (Å²) in [5.41, 5.74) is 0. The Morgan fingerprint density at radius 2 is 2.20 bits per heavy atom. The van der Waals surface area contributed by atoms with Gasteiger partial charge in [-0.25, -0.2) is 0 Å². The Bertz CT molecular complexity index is 165. The van der Waals surface area contributed by atoms with E-state index < -0.39 is 0 Å². The first-order chi connectivity index (χ1) is 4.86. The van der Waals surface area contributed by atoms with Gasteiger partial charge in [-0.3, -0.25) is 0 Å². The van der Waals surface area contributed by atoms with Gasteiger partial charge in [0.15, 0.2) is 0 Å². The molecule has 0 bridgehead atoms. The Morgan fingerprint density at radius 3 is 3.10 bits per heavy atom. The van der Waals surface area contributed by atoms with Crippen LogP contribution in [0.25, 0.3) is 0 Å². The first kappa shape index (κ1) is 6.68. The van der Waals surface area contributed by atoms with Crippen LogP contribution in [-0.2, 0) is 4.74 Å². The molecule has 0 radical (unpaired) electrons. The lowest BCUT2D eigenvalue weighted by Gasteiger charge is -2.19. The van der Waals surface area contributed by atoms with Crippen LogP contribution in [0.15, 0.2) is 11.1 Å². The van der Waals surface area contributed by atoms with Gasteiger partial charge in [0.1, 0.15) is 0 Å². The molecule has 0 amide bonds. The second-order valence-corrected chi connectivity index (χ2v) is 3.63. The maximum Gasteiger partial charge on any atom is 0.0501 e. The SMILES string of the molecule is ClC1=CC[C@@H]2COC[C@@H]2C1.